The van der Waals surface area contributed by atoms with Crippen LogP contribution in [0.4, 0.5) is 26.3 Å². The van der Waals surface area contributed by atoms with Crippen molar-refractivity contribution < 1.29 is 52.1 Å². The van der Waals surface area contributed by atoms with E-state index in [9.17, 15) is 43.2 Å². The van der Waals surface area contributed by atoms with Gasteiger partial charge in [0, 0.05) is 13.1 Å². The largest absolute Gasteiger partial charge is 0.523 e. The minimum Gasteiger partial charge on any atom is -0.484 e. The van der Waals surface area contributed by atoms with Gasteiger partial charge in [-0.25, -0.2) is 23.4 Å². The van der Waals surface area contributed by atoms with Crippen molar-refractivity contribution in [2.24, 2.45) is 7.05 Å². The summed E-state index contributed by atoms with van der Waals surface area (Å²) in [6.45, 7) is 2.63. The highest BCUT2D eigenvalue weighted by Crippen LogP contribution is 2.34. The zero-order chi connectivity index (χ0) is 28.9. The first-order valence-corrected chi connectivity index (χ1v) is 13.5. The Labute approximate surface area is 212 Å². The predicted molar refractivity (Wildman–Crippen MR) is 120 cm³/mol. The van der Waals surface area contributed by atoms with Gasteiger partial charge in [-0.1, -0.05) is 6.92 Å². The number of ether oxygens (including phenoxy) is 1. The van der Waals surface area contributed by atoms with E-state index in [1.54, 1.807) is 0 Å². The molecule has 0 radical (unpaired) electrons. The van der Waals surface area contributed by atoms with Crippen molar-refractivity contribution in [3.63, 3.8) is 0 Å². The van der Waals surface area contributed by atoms with E-state index in [4.69, 9.17) is 4.74 Å². The van der Waals surface area contributed by atoms with Gasteiger partial charge < -0.3 is 9.30 Å². The fourth-order valence-corrected chi connectivity index (χ4v) is 4.75. The molecule has 0 atom stereocenters. The van der Waals surface area contributed by atoms with E-state index in [-0.39, 0.29) is 28.3 Å². The predicted octanol–water partition coefficient (Wildman–Crippen LogP) is 3.87. The molecule has 10 nitrogen and oxygen atoms in total. The molecule has 0 aromatic carbocycles. The van der Waals surface area contributed by atoms with Crippen LogP contribution in [0.25, 0.3) is 22.6 Å². The number of pyridine rings is 2. The summed E-state index contributed by atoms with van der Waals surface area (Å²) in [6.07, 6.45) is -2.81. The van der Waals surface area contributed by atoms with Crippen LogP contribution in [0, 0.1) is 0 Å². The van der Waals surface area contributed by atoms with Crippen molar-refractivity contribution in [3.05, 3.63) is 30.2 Å². The molecule has 0 aliphatic rings. The average molecular weight is 591 g/mol. The lowest BCUT2D eigenvalue weighted by atomic mass is 10.1. The van der Waals surface area contributed by atoms with E-state index >= 15 is 0 Å². The Morgan fingerprint density at radius 2 is 1.61 bits per heavy atom. The summed E-state index contributed by atoms with van der Waals surface area (Å²) in [7, 11) is -8.56. The maximum Gasteiger partial charge on any atom is 0.523 e. The van der Waals surface area contributed by atoms with Gasteiger partial charge in [-0.3, -0.25) is 4.18 Å². The number of fused-ring (bicyclic) bond motifs is 1. The van der Waals surface area contributed by atoms with Crippen molar-refractivity contribution in [3.8, 4) is 17.3 Å². The molecular weight excluding hydrogens is 570 g/mol. The van der Waals surface area contributed by atoms with Crippen LogP contribution in [0.2, 0.25) is 0 Å². The Balaban J connectivity index is 2.05. The third-order valence-corrected chi connectivity index (χ3v) is 7.79. The van der Waals surface area contributed by atoms with Crippen LogP contribution < -0.4 is 4.74 Å². The SMILES string of the molecule is CCS(=O)(=O)c1cc(OC(C)(C)COS(=O)(=O)C(F)(F)F)cnc1-c1nc2cc(C(F)(F)F)ncc2n1C. The third-order valence-electron chi connectivity index (χ3n) is 5.05. The Hall–Kier alpha value is -2.99. The molecule has 0 fully saturated rings. The first kappa shape index (κ1) is 29.6. The summed E-state index contributed by atoms with van der Waals surface area (Å²) in [5.41, 5.74) is -8.77. The quantitative estimate of drug-likeness (QED) is 0.218. The van der Waals surface area contributed by atoms with Crippen LogP contribution in [0.1, 0.15) is 26.5 Å². The van der Waals surface area contributed by atoms with Crippen molar-refractivity contribution in [2.45, 2.75) is 43.0 Å². The van der Waals surface area contributed by atoms with E-state index in [0.717, 1.165) is 18.5 Å². The van der Waals surface area contributed by atoms with Gasteiger partial charge in [0.2, 0.25) is 0 Å². The van der Waals surface area contributed by atoms with Gasteiger partial charge in [-0.2, -0.15) is 34.8 Å². The molecule has 3 rings (SSSR count). The molecule has 18 heteroatoms. The van der Waals surface area contributed by atoms with Gasteiger partial charge in [0.15, 0.2) is 15.7 Å². The number of sulfone groups is 1. The number of aryl methyl sites for hydroxylation is 1. The topological polar surface area (TPSA) is 130 Å². The summed E-state index contributed by atoms with van der Waals surface area (Å²) in [5.74, 6) is -0.803. The smallest absolute Gasteiger partial charge is 0.484 e. The third kappa shape index (κ3) is 6.01. The maximum atomic E-state index is 13.1. The zero-order valence-electron chi connectivity index (χ0n) is 20.0. The van der Waals surface area contributed by atoms with Crippen LogP contribution in [0.15, 0.2) is 29.4 Å². The van der Waals surface area contributed by atoms with E-state index in [0.29, 0.717) is 6.07 Å². The van der Waals surface area contributed by atoms with Gasteiger partial charge in [-0.15, -0.1) is 0 Å². The molecule has 3 heterocycles. The average Bonchev–Trinajstić information content (AvgIpc) is 3.12. The highest BCUT2D eigenvalue weighted by Gasteiger charge is 2.48. The van der Waals surface area contributed by atoms with Crippen LogP contribution in [-0.2, 0) is 37.4 Å². The number of hydrogen-bond donors (Lipinski definition) is 0. The van der Waals surface area contributed by atoms with E-state index in [1.807, 2.05) is 0 Å². The molecule has 0 aliphatic carbocycles. The van der Waals surface area contributed by atoms with E-state index < -0.39 is 60.2 Å². The molecule has 0 spiro atoms. The summed E-state index contributed by atoms with van der Waals surface area (Å²) in [5, 5.41) is 0. The van der Waals surface area contributed by atoms with Crippen LogP contribution in [-0.4, -0.2) is 59.8 Å². The van der Waals surface area contributed by atoms with Gasteiger partial charge in [-0.05, 0) is 19.9 Å². The lowest BCUT2D eigenvalue weighted by Gasteiger charge is -2.26. The van der Waals surface area contributed by atoms with Gasteiger partial charge in [0.05, 0.1) is 29.2 Å². The van der Waals surface area contributed by atoms with E-state index in [2.05, 4.69) is 19.1 Å². The molecule has 0 saturated carbocycles. The van der Waals surface area contributed by atoms with Gasteiger partial charge in [0.25, 0.3) is 0 Å². The second-order valence-electron chi connectivity index (χ2n) is 8.50. The number of halogens is 6. The van der Waals surface area contributed by atoms with Crippen molar-refractivity contribution in [1.82, 2.24) is 19.5 Å². The Morgan fingerprint density at radius 1 is 0.974 bits per heavy atom. The van der Waals surface area contributed by atoms with Crippen molar-refractivity contribution in [2.75, 3.05) is 12.4 Å². The normalized spacial score (nSPS) is 13.7. The molecule has 210 valence electrons. The molecule has 0 unspecified atom stereocenters. The molecule has 0 amide bonds. The highest BCUT2D eigenvalue weighted by molar-refractivity contribution is 7.91. The molecule has 0 aliphatic heterocycles. The molecule has 3 aromatic rings. The van der Waals surface area contributed by atoms with Crippen LogP contribution in [0.5, 0.6) is 5.75 Å². The minimum atomic E-state index is -5.91. The van der Waals surface area contributed by atoms with Crippen LogP contribution in [0.3, 0.4) is 0 Å². The second kappa shape index (κ2) is 9.64. The molecule has 0 N–H and O–H groups in total. The monoisotopic (exact) mass is 590 g/mol. The number of nitrogens with zero attached hydrogens (tertiary/aromatic N) is 4. The fraction of sp³-hybridized carbons (Fsp3) is 0.450. The second-order valence-corrected chi connectivity index (χ2v) is 12.3. The summed E-state index contributed by atoms with van der Waals surface area (Å²) < 4.78 is 136. The number of rotatable bonds is 8. The lowest BCUT2D eigenvalue weighted by Crippen LogP contribution is -2.38. The van der Waals surface area contributed by atoms with Gasteiger partial charge >= 0.3 is 21.8 Å². The Morgan fingerprint density at radius 3 is 2.16 bits per heavy atom. The Kier molecular flexibility index (Phi) is 7.50. The molecule has 3 aromatic heterocycles. The number of imidazole rings is 1. The number of aromatic nitrogens is 4. The molecule has 38 heavy (non-hydrogen) atoms. The fourth-order valence-electron chi connectivity index (χ4n) is 3.13. The first-order chi connectivity index (χ1) is 17.2. The van der Waals surface area contributed by atoms with E-state index in [1.165, 1.54) is 32.4 Å². The first-order valence-electron chi connectivity index (χ1n) is 10.5. The maximum absolute atomic E-state index is 13.1. The van der Waals surface area contributed by atoms with Gasteiger partial charge in [0.1, 0.15) is 34.2 Å². The summed E-state index contributed by atoms with van der Waals surface area (Å²) in [6, 6.07) is 1.70. The lowest BCUT2D eigenvalue weighted by molar-refractivity contribution is -0.141. The Bertz CT molecular complexity index is 1580. The van der Waals surface area contributed by atoms with Crippen LogP contribution >= 0.6 is 0 Å². The number of alkyl halides is 6. The molecule has 0 bridgehead atoms. The van der Waals surface area contributed by atoms with Crippen molar-refractivity contribution >= 4 is 31.0 Å². The summed E-state index contributed by atoms with van der Waals surface area (Å²) in [4.78, 5) is 11.1. The molecular formula is C20H20F6N4O6S2. The standard InChI is InChI=1S/C20H20F6N4O6S2/c1-5-37(31,32)14-6-11(36-18(2,3)10-35-38(33,34)20(24,25)26)8-28-16(14)17-29-12-7-15(19(21,22)23)27-9-13(12)30(17)4/h6-9H,5,10H2,1-4H3. The zero-order valence-corrected chi connectivity index (χ0v) is 21.7. The van der Waals surface area contributed by atoms with Crippen molar-refractivity contribution in [1.29, 1.82) is 0 Å². The number of hydrogen-bond acceptors (Lipinski definition) is 9. The summed E-state index contributed by atoms with van der Waals surface area (Å²) >= 11 is 0. The highest BCUT2D eigenvalue weighted by atomic mass is 32.2. The molecule has 0 saturated heterocycles. The minimum absolute atomic E-state index is 0.112.